The van der Waals surface area contributed by atoms with Crippen LogP contribution in [0.4, 0.5) is 0 Å². The van der Waals surface area contributed by atoms with Crippen molar-refractivity contribution in [1.29, 1.82) is 0 Å². The van der Waals surface area contributed by atoms with Crippen LogP contribution in [0.1, 0.15) is 13.8 Å². The molecule has 4 heteroatoms. The van der Waals surface area contributed by atoms with Gasteiger partial charge in [0.15, 0.2) is 5.82 Å². The predicted octanol–water partition coefficient (Wildman–Crippen LogP) is 15.5. The van der Waals surface area contributed by atoms with E-state index >= 15 is 0 Å². The summed E-state index contributed by atoms with van der Waals surface area (Å²) >= 11 is 0. The lowest BCUT2D eigenvalue weighted by Crippen LogP contribution is -1.96. The van der Waals surface area contributed by atoms with E-state index in [0.717, 1.165) is 50.6 Å². The minimum absolute atomic E-state index is 0.710. The van der Waals surface area contributed by atoms with Crippen LogP contribution in [0.25, 0.3) is 99.9 Å². The van der Waals surface area contributed by atoms with Crippen molar-refractivity contribution in [2.24, 2.45) is 0 Å². The fourth-order valence-electron chi connectivity index (χ4n) is 8.45. The fraction of sp³-hybridized carbons (Fsp3) is 0.0345. The zero-order valence-corrected chi connectivity index (χ0v) is 34.8. The smallest absolute Gasteiger partial charge is 0.160 e. The lowest BCUT2D eigenvalue weighted by atomic mass is 10.00. The van der Waals surface area contributed by atoms with Gasteiger partial charge in [-0.2, -0.15) is 0 Å². The Bertz CT molecular complexity index is 3370. The SMILES string of the molecule is C=C/C(C)=C/C.c1ccc(-c2cc(-c3cccc(-c4cccc(-n5c6ccccc6c6c7c(ccc8ccn(-c9ccccc9)c87)ccc65)c4)c3)nc(-c3ccccc3)n2)cc1. The summed E-state index contributed by atoms with van der Waals surface area (Å²) < 4.78 is 4.76. The van der Waals surface area contributed by atoms with Crippen LogP contribution in [0.2, 0.25) is 0 Å². The van der Waals surface area contributed by atoms with Crippen LogP contribution in [-0.4, -0.2) is 19.1 Å². The number of allylic oxidation sites excluding steroid dienone is 3. The predicted molar refractivity (Wildman–Crippen MR) is 262 cm³/mol. The third-order valence-electron chi connectivity index (χ3n) is 11.7. The van der Waals surface area contributed by atoms with Gasteiger partial charge < -0.3 is 9.13 Å². The van der Waals surface area contributed by atoms with Gasteiger partial charge in [0, 0.05) is 55.8 Å². The molecule has 0 saturated carbocycles. The highest BCUT2D eigenvalue weighted by atomic mass is 15.0. The Morgan fingerprint density at radius 1 is 0.484 bits per heavy atom. The molecule has 0 unspecified atom stereocenters. The van der Waals surface area contributed by atoms with Crippen molar-refractivity contribution in [3.8, 4) is 56.4 Å². The quantitative estimate of drug-likeness (QED) is 0.151. The summed E-state index contributed by atoms with van der Waals surface area (Å²) in [5.74, 6) is 0.710. The topological polar surface area (TPSA) is 35.6 Å². The van der Waals surface area contributed by atoms with Crippen molar-refractivity contribution in [3.05, 3.63) is 231 Å². The lowest BCUT2D eigenvalue weighted by Gasteiger charge is -2.13. The maximum atomic E-state index is 5.11. The van der Waals surface area contributed by atoms with Crippen molar-refractivity contribution in [1.82, 2.24) is 19.1 Å². The molecule has 8 aromatic carbocycles. The second-order valence-electron chi connectivity index (χ2n) is 15.5. The average Bonchev–Trinajstić information content (AvgIpc) is 3.95. The normalized spacial score (nSPS) is 11.5. The number of fused-ring (bicyclic) bond motifs is 7. The van der Waals surface area contributed by atoms with E-state index in [2.05, 4.69) is 198 Å². The van der Waals surface area contributed by atoms with Gasteiger partial charge in [0.05, 0.1) is 27.9 Å². The number of rotatable bonds is 7. The van der Waals surface area contributed by atoms with Crippen LogP contribution in [0.5, 0.6) is 0 Å². The number of hydrogen-bond donors (Lipinski definition) is 0. The van der Waals surface area contributed by atoms with Crippen LogP contribution in [0.3, 0.4) is 0 Å². The summed E-state index contributed by atoms with van der Waals surface area (Å²) in [7, 11) is 0. The Hall–Kier alpha value is -8.08. The first kappa shape index (κ1) is 38.1. The van der Waals surface area contributed by atoms with E-state index in [1.807, 2.05) is 50.3 Å². The van der Waals surface area contributed by atoms with E-state index in [-0.39, 0.29) is 0 Å². The van der Waals surface area contributed by atoms with Crippen molar-refractivity contribution in [2.75, 3.05) is 0 Å². The summed E-state index contributed by atoms with van der Waals surface area (Å²) in [6.45, 7) is 7.58. The minimum atomic E-state index is 0.710. The van der Waals surface area contributed by atoms with Gasteiger partial charge in [-0.1, -0.05) is 170 Å². The molecule has 11 rings (SSSR count). The maximum Gasteiger partial charge on any atom is 0.160 e. The highest BCUT2D eigenvalue weighted by molar-refractivity contribution is 6.27. The number of hydrogen-bond acceptors (Lipinski definition) is 2. The number of benzene rings is 8. The highest BCUT2D eigenvalue weighted by Gasteiger charge is 2.19. The van der Waals surface area contributed by atoms with Crippen molar-refractivity contribution in [2.45, 2.75) is 13.8 Å². The largest absolute Gasteiger partial charge is 0.316 e. The third kappa shape index (κ3) is 7.08. The molecule has 3 heterocycles. The van der Waals surface area contributed by atoms with E-state index in [1.165, 1.54) is 49.1 Å². The van der Waals surface area contributed by atoms with Gasteiger partial charge in [-0.05, 0) is 85.0 Å². The molecule has 0 aliphatic rings. The average molecular weight is 797 g/mol. The molecular formula is C58H44N4. The van der Waals surface area contributed by atoms with Gasteiger partial charge in [0.2, 0.25) is 0 Å². The first-order valence-corrected chi connectivity index (χ1v) is 21.1. The van der Waals surface area contributed by atoms with Crippen LogP contribution in [0.15, 0.2) is 231 Å². The molecule has 0 radical (unpaired) electrons. The molecule has 0 N–H and O–H groups in total. The van der Waals surface area contributed by atoms with Crippen LogP contribution in [-0.2, 0) is 0 Å². The molecule has 62 heavy (non-hydrogen) atoms. The van der Waals surface area contributed by atoms with Crippen LogP contribution >= 0.6 is 0 Å². The minimum Gasteiger partial charge on any atom is -0.316 e. The summed E-state index contributed by atoms with van der Waals surface area (Å²) in [6.07, 6.45) is 6.05. The molecular weight excluding hydrogens is 753 g/mol. The van der Waals surface area contributed by atoms with Crippen molar-refractivity contribution in [3.63, 3.8) is 0 Å². The lowest BCUT2D eigenvalue weighted by molar-refractivity contribution is 1.13. The molecule has 11 aromatic rings. The number of aromatic nitrogens is 4. The first-order chi connectivity index (χ1) is 30.6. The molecule has 0 bridgehead atoms. The van der Waals surface area contributed by atoms with Crippen molar-refractivity contribution >= 4 is 43.5 Å². The van der Waals surface area contributed by atoms with Gasteiger partial charge >= 0.3 is 0 Å². The van der Waals surface area contributed by atoms with Crippen LogP contribution in [0, 0.1) is 0 Å². The molecule has 0 aliphatic heterocycles. The molecule has 0 spiro atoms. The summed E-state index contributed by atoms with van der Waals surface area (Å²) in [4.78, 5) is 10.1. The summed E-state index contributed by atoms with van der Waals surface area (Å²) in [6, 6.07) is 71.0. The van der Waals surface area contributed by atoms with E-state index in [1.54, 1.807) is 0 Å². The molecule has 0 atom stereocenters. The number of nitrogens with zero attached hydrogens (tertiary/aromatic N) is 4. The summed E-state index contributed by atoms with van der Waals surface area (Å²) in [5.41, 5.74) is 14.2. The summed E-state index contributed by atoms with van der Waals surface area (Å²) in [5, 5.41) is 6.22. The monoisotopic (exact) mass is 796 g/mol. The Kier molecular flexibility index (Phi) is 10.2. The Morgan fingerprint density at radius 3 is 1.79 bits per heavy atom. The first-order valence-electron chi connectivity index (χ1n) is 21.1. The highest BCUT2D eigenvalue weighted by Crippen LogP contribution is 2.41. The second-order valence-corrected chi connectivity index (χ2v) is 15.5. The molecule has 0 fully saturated rings. The van der Waals surface area contributed by atoms with Gasteiger partial charge in [-0.25, -0.2) is 9.97 Å². The number of para-hydroxylation sites is 2. The second kappa shape index (κ2) is 16.5. The Morgan fingerprint density at radius 2 is 1.06 bits per heavy atom. The molecule has 296 valence electrons. The van der Waals surface area contributed by atoms with E-state index in [0.29, 0.717) is 5.82 Å². The zero-order valence-electron chi connectivity index (χ0n) is 34.8. The Balaban J connectivity index is 0.000000716. The van der Waals surface area contributed by atoms with E-state index < -0.39 is 0 Å². The van der Waals surface area contributed by atoms with Gasteiger partial charge in [-0.3, -0.25) is 0 Å². The molecule has 0 aliphatic carbocycles. The van der Waals surface area contributed by atoms with Crippen LogP contribution < -0.4 is 0 Å². The standard InChI is InChI=1S/C52H34N4.C6H10/c1-4-14-35(15-5-1)45-34-46(54-52(53-45)38-16-6-2-7-17-38)41-20-12-18-39(32-41)40-19-13-23-43(33-40)56-47-25-11-10-24-44(47)50-48(56)29-28-36-26-27-37-30-31-55(51(37)49(36)50)42-21-8-3-9-22-42;1-4-6(3)5-2/h1-34H;4-5H,1H2,2-3H3/b;6-5+. The molecule has 0 amide bonds. The third-order valence-corrected chi connectivity index (χ3v) is 11.7. The molecule has 3 aromatic heterocycles. The molecule has 4 nitrogen and oxygen atoms in total. The van der Waals surface area contributed by atoms with Gasteiger partial charge in [0.25, 0.3) is 0 Å². The fourth-order valence-corrected chi connectivity index (χ4v) is 8.45. The van der Waals surface area contributed by atoms with Gasteiger partial charge in [0.1, 0.15) is 0 Å². The Labute approximate surface area is 362 Å². The maximum absolute atomic E-state index is 5.11. The van der Waals surface area contributed by atoms with E-state index in [9.17, 15) is 0 Å². The van der Waals surface area contributed by atoms with Gasteiger partial charge in [-0.15, -0.1) is 0 Å². The molecule has 0 saturated heterocycles. The zero-order chi connectivity index (χ0) is 42.0. The van der Waals surface area contributed by atoms with Crippen molar-refractivity contribution < 1.29 is 0 Å². The van der Waals surface area contributed by atoms with E-state index in [4.69, 9.17) is 9.97 Å².